The lowest BCUT2D eigenvalue weighted by Crippen LogP contribution is -2.58. The van der Waals surface area contributed by atoms with Gasteiger partial charge in [-0.1, -0.05) is 26.0 Å². The van der Waals surface area contributed by atoms with Crippen LogP contribution in [-0.4, -0.2) is 77.6 Å². The fraction of sp³-hybridized carbons (Fsp3) is 0.500. The minimum Gasteiger partial charge on any atom is -0.390 e. The fourth-order valence-corrected chi connectivity index (χ4v) is 5.45. The maximum Gasteiger partial charge on any atom is 0.237 e. The van der Waals surface area contributed by atoms with Gasteiger partial charge in [0, 0.05) is 41.9 Å². The second-order valence-electron chi connectivity index (χ2n) is 9.80. The Balaban J connectivity index is 1.65. The third-order valence-electron chi connectivity index (χ3n) is 6.65. The van der Waals surface area contributed by atoms with E-state index in [2.05, 4.69) is 33.2 Å². The van der Waals surface area contributed by atoms with Gasteiger partial charge in [-0.25, -0.2) is 8.78 Å². The van der Waals surface area contributed by atoms with Gasteiger partial charge in [0.15, 0.2) is 0 Å². The molecule has 2 aromatic carbocycles. The SMILES string of the molecule is CCCN1C(=O)CN(CC(=O)N[C@@H](Cc2cc(F)cc(F)c2)[C@H](O)CNCc2cccc(I)c2)C[C@@H]1CC. The van der Waals surface area contributed by atoms with E-state index in [1.165, 1.54) is 12.1 Å². The van der Waals surface area contributed by atoms with Crippen LogP contribution in [0.25, 0.3) is 0 Å². The summed E-state index contributed by atoms with van der Waals surface area (Å²) in [6.45, 7) is 6.19. The number of hydrogen-bond acceptors (Lipinski definition) is 5. The maximum atomic E-state index is 13.8. The lowest BCUT2D eigenvalue weighted by atomic mass is 10.0. The summed E-state index contributed by atoms with van der Waals surface area (Å²) in [5.41, 5.74) is 1.38. The molecule has 0 spiro atoms. The lowest BCUT2D eigenvalue weighted by Gasteiger charge is -2.40. The van der Waals surface area contributed by atoms with Gasteiger partial charge < -0.3 is 20.6 Å². The number of piperazine rings is 1. The Hall–Kier alpha value is -2.15. The summed E-state index contributed by atoms with van der Waals surface area (Å²) in [5.74, 6) is -1.78. The van der Waals surface area contributed by atoms with E-state index in [9.17, 15) is 23.5 Å². The zero-order valence-corrected chi connectivity index (χ0v) is 24.1. The van der Waals surface area contributed by atoms with E-state index in [-0.39, 0.29) is 43.9 Å². The molecule has 3 rings (SSSR count). The van der Waals surface area contributed by atoms with Gasteiger partial charge in [-0.3, -0.25) is 14.5 Å². The van der Waals surface area contributed by atoms with Crippen molar-refractivity contribution in [3.05, 3.63) is 68.8 Å². The van der Waals surface area contributed by atoms with Crippen molar-refractivity contribution in [1.29, 1.82) is 0 Å². The summed E-state index contributed by atoms with van der Waals surface area (Å²) in [5, 5.41) is 17.0. The summed E-state index contributed by atoms with van der Waals surface area (Å²) in [7, 11) is 0. The average Bonchev–Trinajstić information content (AvgIpc) is 2.84. The van der Waals surface area contributed by atoms with Crippen LogP contribution in [0.1, 0.15) is 37.8 Å². The number of halogens is 3. The Bertz CT molecular complexity index is 1070. The van der Waals surface area contributed by atoms with Crippen LogP contribution in [0.5, 0.6) is 0 Å². The molecule has 1 fully saturated rings. The van der Waals surface area contributed by atoms with E-state index in [0.29, 0.717) is 25.2 Å². The molecular weight excluding hydrogens is 605 g/mol. The highest BCUT2D eigenvalue weighted by Crippen LogP contribution is 2.16. The van der Waals surface area contributed by atoms with Crippen LogP contribution in [0.2, 0.25) is 0 Å². The molecule has 0 aromatic heterocycles. The van der Waals surface area contributed by atoms with E-state index in [1.54, 1.807) is 0 Å². The minimum atomic E-state index is -1.01. The molecule has 1 aliphatic rings. The molecule has 10 heteroatoms. The number of hydrogen-bond donors (Lipinski definition) is 3. The summed E-state index contributed by atoms with van der Waals surface area (Å²) >= 11 is 2.23. The van der Waals surface area contributed by atoms with Gasteiger partial charge in [-0.2, -0.15) is 0 Å². The Morgan fingerprint density at radius 3 is 2.55 bits per heavy atom. The maximum absolute atomic E-state index is 13.8. The molecular formula is C28H37F2IN4O3. The minimum absolute atomic E-state index is 0.00117. The molecule has 1 aliphatic heterocycles. The molecule has 208 valence electrons. The average molecular weight is 643 g/mol. The molecule has 0 bridgehead atoms. The first kappa shape index (κ1) is 30.4. The van der Waals surface area contributed by atoms with Crippen molar-refractivity contribution >= 4 is 34.4 Å². The Morgan fingerprint density at radius 1 is 1.16 bits per heavy atom. The molecule has 2 aromatic rings. The van der Waals surface area contributed by atoms with Crippen LogP contribution >= 0.6 is 22.6 Å². The summed E-state index contributed by atoms with van der Waals surface area (Å²) in [4.78, 5) is 29.4. The molecule has 1 saturated heterocycles. The van der Waals surface area contributed by atoms with Crippen LogP contribution in [0.15, 0.2) is 42.5 Å². The highest BCUT2D eigenvalue weighted by atomic mass is 127. The van der Waals surface area contributed by atoms with Crippen molar-refractivity contribution in [2.75, 3.05) is 32.7 Å². The predicted molar refractivity (Wildman–Crippen MR) is 151 cm³/mol. The highest BCUT2D eigenvalue weighted by Gasteiger charge is 2.32. The van der Waals surface area contributed by atoms with Gasteiger partial charge in [0.25, 0.3) is 0 Å². The number of amides is 2. The van der Waals surface area contributed by atoms with Crippen LogP contribution in [-0.2, 0) is 22.6 Å². The van der Waals surface area contributed by atoms with Crippen molar-refractivity contribution in [2.24, 2.45) is 0 Å². The predicted octanol–water partition coefficient (Wildman–Crippen LogP) is 3.08. The Labute approximate surface area is 237 Å². The van der Waals surface area contributed by atoms with Gasteiger partial charge in [0.1, 0.15) is 11.6 Å². The van der Waals surface area contributed by atoms with Crippen LogP contribution in [0.4, 0.5) is 8.78 Å². The molecule has 0 radical (unpaired) electrons. The van der Waals surface area contributed by atoms with Gasteiger partial charge in [-0.05, 0) is 77.2 Å². The number of aliphatic hydroxyl groups is 1. The third kappa shape index (κ3) is 9.25. The number of nitrogens with one attached hydrogen (secondary N) is 2. The molecule has 2 amide bonds. The number of benzene rings is 2. The number of carbonyl (C=O) groups excluding carboxylic acids is 2. The molecule has 0 aliphatic carbocycles. The first-order valence-corrected chi connectivity index (χ1v) is 14.2. The van der Waals surface area contributed by atoms with Crippen molar-refractivity contribution in [1.82, 2.24) is 20.4 Å². The standard InChI is InChI=1S/C28H37F2IN4O3/c1-3-8-35-24(4-2)16-34(18-28(35)38)17-27(37)33-25(12-20-9-21(29)13-22(30)10-20)26(36)15-32-14-19-6-5-7-23(31)11-19/h5-7,9-11,13,24-26,32,36H,3-4,8,12,14-18H2,1-2H3,(H,33,37)/t24-,25-,26+/m0/s1. The van der Waals surface area contributed by atoms with E-state index in [4.69, 9.17) is 0 Å². The van der Waals surface area contributed by atoms with Gasteiger partial charge >= 0.3 is 0 Å². The van der Waals surface area contributed by atoms with Crippen molar-refractivity contribution in [3.63, 3.8) is 0 Å². The fourth-order valence-electron chi connectivity index (χ4n) is 4.84. The lowest BCUT2D eigenvalue weighted by molar-refractivity contribution is -0.141. The quantitative estimate of drug-likeness (QED) is 0.293. The summed E-state index contributed by atoms with van der Waals surface area (Å²) in [6, 6.07) is 10.4. The van der Waals surface area contributed by atoms with Crippen molar-refractivity contribution in [3.8, 4) is 0 Å². The van der Waals surface area contributed by atoms with E-state index in [1.807, 2.05) is 47.9 Å². The van der Waals surface area contributed by atoms with E-state index >= 15 is 0 Å². The molecule has 1 heterocycles. The summed E-state index contributed by atoms with van der Waals surface area (Å²) in [6.07, 6.45) is 0.704. The smallest absolute Gasteiger partial charge is 0.237 e. The van der Waals surface area contributed by atoms with Crippen LogP contribution < -0.4 is 10.6 Å². The van der Waals surface area contributed by atoms with E-state index in [0.717, 1.165) is 28.0 Å². The van der Waals surface area contributed by atoms with Crippen molar-refractivity contribution < 1.29 is 23.5 Å². The zero-order valence-electron chi connectivity index (χ0n) is 21.9. The Kier molecular flexibility index (Phi) is 11.9. The topological polar surface area (TPSA) is 84.9 Å². The normalized spacial score (nSPS) is 17.9. The number of carbonyl (C=O) groups is 2. The second kappa shape index (κ2) is 14.9. The number of nitrogens with zero attached hydrogens (tertiary/aromatic N) is 2. The van der Waals surface area contributed by atoms with Gasteiger partial charge in [-0.15, -0.1) is 0 Å². The van der Waals surface area contributed by atoms with E-state index < -0.39 is 23.8 Å². The number of aliphatic hydroxyl groups excluding tert-OH is 1. The first-order chi connectivity index (χ1) is 18.2. The zero-order chi connectivity index (χ0) is 27.7. The molecule has 7 nitrogen and oxygen atoms in total. The Morgan fingerprint density at radius 2 is 1.89 bits per heavy atom. The second-order valence-corrected chi connectivity index (χ2v) is 11.0. The molecule has 3 atom stereocenters. The van der Waals surface area contributed by atoms with Gasteiger partial charge in [0.05, 0.1) is 25.2 Å². The highest BCUT2D eigenvalue weighted by molar-refractivity contribution is 14.1. The van der Waals surface area contributed by atoms with Crippen molar-refractivity contribution in [2.45, 2.75) is 57.8 Å². The molecule has 0 unspecified atom stereocenters. The van der Waals surface area contributed by atoms with Crippen LogP contribution in [0.3, 0.4) is 0 Å². The first-order valence-electron chi connectivity index (χ1n) is 13.1. The summed E-state index contributed by atoms with van der Waals surface area (Å²) < 4.78 is 28.7. The molecule has 38 heavy (non-hydrogen) atoms. The number of rotatable bonds is 13. The van der Waals surface area contributed by atoms with Crippen LogP contribution in [0, 0.1) is 15.2 Å². The third-order valence-corrected chi connectivity index (χ3v) is 7.32. The largest absolute Gasteiger partial charge is 0.390 e. The monoisotopic (exact) mass is 642 g/mol. The van der Waals surface area contributed by atoms with Gasteiger partial charge in [0.2, 0.25) is 11.8 Å². The molecule has 3 N–H and O–H groups in total. The molecule has 0 saturated carbocycles.